The van der Waals surface area contributed by atoms with Crippen LogP contribution in [0.5, 0.6) is 0 Å². The van der Waals surface area contributed by atoms with E-state index in [1.165, 1.54) is 33.5 Å². The quantitative estimate of drug-likeness (QED) is 0.184. The molecule has 0 spiro atoms. The zero-order valence-electron chi connectivity index (χ0n) is 27.0. The standard InChI is InChI=1S/C43H37N5/c1-2-9-31-12-8-15-36(40(31)44)30-20-24-33(25-21-30)42-46-41(47-43(48-42)38-16-7-11-28-10-3-4-13-34(28)38)32-22-18-29(19-23-32)35-26-27-45-39-17-6-5-14-37(35)39/h2-15,17-18,20-22,24-26,38,45H,16,19,23,27,44H2,1H3/b9-2-. The van der Waals surface area contributed by atoms with Gasteiger partial charge in [0.05, 0.1) is 0 Å². The summed E-state index contributed by atoms with van der Waals surface area (Å²) in [7, 11) is 0. The molecule has 5 aromatic rings. The van der Waals surface area contributed by atoms with Crippen LogP contribution in [0.25, 0.3) is 45.8 Å². The Morgan fingerprint density at radius 1 is 0.750 bits per heavy atom. The number of hydrogen-bond donors (Lipinski definition) is 2. The van der Waals surface area contributed by atoms with Gasteiger partial charge in [-0.1, -0.05) is 127 Å². The molecule has 234 valence electrons. The van der Waals surface area contributed by atoms with Crippen molar-refractivity contribution in [3.63, 3.8) is 0 Å². The first-order chi connectivity index (χ1) is 23.7. The summed E-state index contributed by atoms with van der Waals surface area (Å²) < 4.78 is 0. The molecule has 0 fully saturated rings. The van der Waals surface area contributed by atoms with E-state index in [1.807, 2.05) is 31.2 Å². The van der Waals surface area contributed by atoms with Crippen LogP contribution in [0, 0.1) is 0 Å². The highest BCUT2D eigenvalue weighted by Gasteiger charge is 2.25. The van der Waals surface area contributed by atoms with Gasteiger partial charge in [-0.3, -0.25) is 0 Å². The molecule has 4 aromatic carbocycles. The Kier molecular flexibility index (Phi) is 7.87. The van der Waals surface area contributed by atoms with Gasteiger partial charge in [0.15, 0.2) is 11.6 Å². The Morgan fingerprint density at radius 2 is 1.50 bits per heavy atom. The Morgan fingerprint density at radius 3 is 2.35 bits per heavy atom. The van der Waals surface area contributed by atoms with Crippen LogP contribution in [-0.4, -0.2) is 21.5 Å². The van der Waals surface area contributed by atoms with E-state index >= 15 is 0 Å². The van der Waals surface area contributed by atoms with E-state index in [1.54, 1.807) is 0 Å². The number of benzene rings is 4. The molecule has 1 atom stereocenters. The fourth-order valence-corrected chi connectivity index (χ4v) is 7.06. The molecule has 48 heavy (non-hydrogen) atoms. The van der Waals surface area contributed by atoms with E-state index < -0.39 is 0 Å². The first kappa shape index (κ1) is 29.6. The van der Waals surface area contributed by atoms with Gasteiger partial charge in [-0.2, -0.15) is 0 Å². The lowest BCUT2D eigenvalue weighted by molar-refractivity contribution is 0.732. The number of nitrogens with one attached hydrogen (secondary N) is 1. The lowest BCUT2D eigenvalue weighted by atomic mass is 9.86. The third-order valence-corrected chi connectivity index (χ3v) is 9.54. The Hall–Kier alpha value is -5.81. The molecule has 3 N–H and O–H groups in total. The van der Waals surface area contributed by atoms with Crippen molar-refractivity contribution in [2.45, 2.75) is 32.1 Å². The number of hydrogen-bond acceptors (Lipinski definition) is 5. The predicted octanol–water partition coefficient (Wildman–Crippen LogP) is 9.98. The first-order valence-corrected chi connectivity index (χ1v) is 16.7. The molecule has 2 heterocycles. The summed E-state index contributed by atoms with van der Waals surface area (Å²) in [6, 6.07) is 31.7. The van der Waals surface area contributed by atoms with E-state index in [-0.39, 0.29) is 5.92 Å². The Labute approximate surface area is 282 Å². The van der Waals surface area contributed by atoms with Crippen LogP contribution < -0.4 is 11.1 Å². The molecule has 8 rings (SSSR count). The third kappa shape index (κ3) is 5.58. The van der Waals surface area contributed by atoms with Crippen molar-refractivity contribution in [3.8, 4) is 22.5 Å². The Bertz CT molecular complexity index is 2180. The molecular weight excluding hydrogens is 587 g/mol. The largest absolute Gasteiger partial charge is 0.398 e. The van der Waals surface area contributed by atoms with Gasteiger partial charge >= 0.3 is 0 Å². The summed E-state index contributed by atoms with van der Waals surface area (Å²) in [5.41, 5.74) is 20.1. The lowest BCUT2D eigenvalue weighted by Gasteiger charge is -2.24. The molecule has 1 aromatic heterocycles. The Balaban J connectivity index is 1.18. The monoisotopic (exact) mass is 623 g/mol. The van der Waals surface area contributed by atoms with Gasteiger partial charge in [-0.15, -0.1) is 0 Å². The molecule has 1 aliphatic heterocycles. The van der Waals surface area contributed by atoms with Crippen LogP contribution in [0.2, 0.25) is 0 Å². The minimum absolute atomic E-state index is 0.0619. The summed E-state index contributed by atoms with van der Waals surface area (Å²) >= 11 is 0. The average Bonchev–Trinajstić information content (AvgIpc) is 3.15. The minimum Gasteiger partial charge on any atom is -0.398 e. The number of aromatic nitrogens is 3. The van der Waals surface area contributed by atoms with E-state index in [0.29, 0.717) is 5.82 Å². The molecule has 0 radical (unpaired) electrons. The van der Waals surface area contributed by atoms with Gasteiger partial charge in [0, 0.05) is 40.5 Å². The number of nitrogen functional groups attached to an aromatic ring is 1. The van der Waals surface area contributed by atoms with E-state index in [2.05, 4.69) is 115 Å². The topological polar surface area (TPSA) is 76.7 Å². The molecule has 5 heteroatoms. The SMILES string of the molecule is C/C=C\c1cccc(-c2ccc(-c3nc(C4=CC=C(C5=CCNc6ccccc65)CC4)nc(C4CC=Cc5ccccc54)n3)cc2)c1N. The van der Waals surface area contributed by atoms with Crippen LogP contribution in [0.4, 0.5) is 11.4 Å². The average molecular weight is 624 g/mol. The van der Waals surface area contributed by atoms with Crippen molar-refractivity contribution >= 4 is 34.7 Å². The summed E-state index contributed by atoms with van der Waals surface area (Å²) in [4.78, 5) is 15.4. The third-order valence-electron chi connectivity index (χ3n) is 9.54. The van der Waals surface area contributed by atoms with E-state index in [9.17, 15) is 0 Å². The smallest absolute Gasteiger partial charge is 0.163 e. The van der Waals surface area contributed by atoms with Gasteiger partial charge in [0.2, 0.25) is 0 Å². The predicted molar refractivity (Wildman–Crippen MR) is 200 cm³/mol. The van der Waals surface area contributed by atoms with Gasteiger partial charge in [0.1, 0.15) is 5.82 Å². The second-order valence-corrected chi connectivity index (χ2v) is 12.5. The maximum Gasteiger partial charge on any atom is 0.163 e. The molecule has 5 nitrogen and oxygen atoms in total. The second kappa shape index (κ2) is 12.8. The van der Waals surface area contributed by atoms with Crippen LogP contribution in [-0.2, 0) is 0 Å². The van der Waals surface area contributed by atoms with Crippen LogP contribution in [0.3, 0.4) is 0 Å². The van der Waals surface area contributed by atoms with E-state index in [0.717, 1.165) is 71.0 Å². The molecule has 0 bridgehead atoms. The fourth-order valence-electron chi connectivity index (χ4n) is 7.06. The highest BCUT2D eigenvalue weighted by molar-refractivity contribution is 5.89. The number of nitrogens with two attached hydrogens (primary N) is 1. The van der Waals surface area contributed by atoms with Crippen molar-refractivity contribution in [2.24, 2.45) is 0 Å². The second-order valence-electron chi connectivity index (χ2n) is 12.5. The summed E-state index contributed by atoms with van der Waals surface area (Å²) in [6.07, 6.45) is 17.9. The number of allylic oxidation sites excluding steroid dienone is 7. The van der Waals surface area contributed by atoms with Crippen molar-refractivity contribution in [3.05, 3.63) is 161 Å². The number of nitrogens with zero attached hydrogens (tertiary/aromatic N) is 3. The zero-order valence-corrected chi connectivity index (χ0v) is 27.0. The summed E-state index contributed by atoms with van der Waals surface area (Å²) in [5, 5.41) is 3.50. The summed E-state index contributed by atoms with van der Waals surface area (Å²) in [6.45, 7) is 2.84. The van der Waals surface area contributed by atoms with Gasteiger partial charge in [-0.05, 0) is 71.2 Å². The molecule has 0 amide bonds. The van der Waals surface area contributed by atoms with Crippen molar-refractivity contribution < 1.29 is 0 Å². The maximum absolute atomic E-state index is 6.57. The molecule has 0 saturated carbocycles. The highest BCUT2D eigenvalue weighted by Crippen LogP contribution is 2.39. The van der Waals surface area contributed by atoms with Crippen molar-refractivity contribution in [1.82, 2.24) is 15.0 Å². The number of anilines is 2. The number of para-hydroxylation sites is 2. The minimum atomic E-state index is 0.0619. The fraction of sp³-hybridized carbons (Fsp3) is 0.140. The highest BCUT2D eigenvalue weighted by atomic mass is 15.0. The molecule has 3 aliphatic rings. The van der Waals surface area contributed by atoms with Gasteiger partial charge in [-0.25, -0.2) is 15.0 Å². The number of fused-ring (bicyclic) bond motifs is 2. The molecular formula is C43H37N5. The lowest BCUT2D eigenvalue weighted by Crippen LogP contribution is -2.14. The van der Waals surface area contributed by atoms with Crippen molar-refractivity contribution in [2.75, 3.05) is 17.6 Å². The van der Waals surface area contributed by atoms with Crippen LogP contribution >= 0.6 is 0 Å². The molecule has 1 unspecified atom stereocenters. The molecule has 2 aliphatic carbocycles. The van der Waals surface area contributed by atoms with Crippen LogP contribution in [0.1, 0.15) is 66.0 Å². The maximum atomic E-state index is 6.57. The van der Waals surface area contributed by atoms with E-state index in [4.69, 9.17) is 20.7 Å². The normalized spacial score (nSPS) is 16.8. The van der Waals surface area contributed by atoms with Gasteiger partial charge < -0.3 is 11.1 Å². The molecule has 0 saturated heterocycles. The summed E-state index contributed by atoms with van der Waals surface area (Å²) in [5.74, 6) is 2.32. The number of rotatable bonds is 6. The van der Waals surface area contributed by atoms with Crippen LogP contribution in [0.15, 0.2) is 127 Å². The van der Waals surface area contributed by atoms with Crippen molar-refractivity contribution in [1.29, 1.82) is 0 Å². The zero-order chi connectivity index (χ0) is 32.5. The van der Waals surface area contributed by atoms with Gasteiger partial charge in [0.25, 0.3) is 0 Å². The first-order valence-electron chi connectivity index (χ1n) is 16.7.